The van der Waals surface area contributed by atoms with Crippen molar-refractivity contribution in [2.75, 3.05) is 6.61 Å². The van der Waals surface area contributed by atoms with E-state index in [1.54, 1.807) is 12.3 Å². The highest BCUT2D eigenvalue weighted by Gasteiger charge is 2.06. The van der Waals surface area contributed by atoms with Crippen LogP contribution >= 0.6 is 0 Å². The molecule has 2 aromatic rings. The van der Waals surface area contributed by atoms with Crippen LogP contribution in [0.5, 0.6) is 5.75 Å². The Kier molecular flexibility index (Phi) is 3.35. The molecular weight excluding hydrogens is 216 g/mol. The molecule has 0 aliphatic carbocycles. The first-order valence-electron chi connectivity index (χ1n) is 5.10. The zero-order valence-corrected chi connectivity index (χ0v) is 9.09. The predicted octanol–water partition coefficient (Wildman–Crippen LogP) is 1.41. The predicted molar refractivity (Wildman–Crippen MR) is 63.2 cm³/mol. The number of aromatic nitrogens is 1. The minimum atomic E-state index is -0.505. The average Bonchev–Trinajstić information content (AvgIpc) is 2.38. The lowest BCUT2D eigenvalue weighted by molar-refractivity contribution is -0.119. The summed E-state index contributed by atoms with van der Waals surface area (Å²) in [6, 6.07) is 11.1. The van der Waals surface area contributed by atoms with Gasteiger partial charge in [0.25, 0.3) is 5.91 Å². The van der Waals surface area contributed by atoms with Gasteiger partial charge in [0.2, 0.25) is 0 Å². The van der Waals surface area contributed by atoms with Crippen LogP contribution in [0.1, 0.15) is 0 Å². The number of benzene rings is 1. The molecule has 17 heavy (non-hydrogen) atoms. The van der Waals surface area contributed by atoms with Crippen LogP contribution in [0.25, 0.3) is 11.1 Å². The summed E-state index contributed by atoms with van der Waals surface area (Å²) in [7, 11) is 0. The number of hydrogen-bond acceptors (Lipinski definition) is 3. The van der Waals surface area contributed by atoms with E-state index in [1.165, 1.54) is 0 Å². The molecule has 4 heteroatoms. The van der Waals surface area contributed by atoms with Crippen LogP contribution in [0, 0.1) is 6.20 Å². The van der Waals surface area contributed by atoms with E-state index in [1.807, 2.05) is 30.3 Å². The van der Waals surface area contributed by atoms with Crippen molar-refractivity contribution in [1.82, 2.24) is 4.98 Å². The van der Waals surface area contributed by atoms with Crippen molar-refractivity contribution in [3.05, 3.63) is 48.8 Å². The van der Waals surface area contributed by atoms with Crippen molar-refractivity contribution in [1.29, 1.82) is 0 Å². The minimum Gasteiger partial charge on any atom is -0.483 e. The third kappa shape index (κ3) is 2.81. The van der Waals surface area contributed by atoms with E-state index >= 15 is 0 Å². The van der Waals surface area contributed by atoms with Crippen molar-refractivity contribution >= 4 is 5.91 Å². The van der Waals surface area contributed by atoms with E-state index in [0.29, 0.717) is 5.75 Å². The van der Waals surface area contributed by atoms with E-state index in [2.05, 4.69) is 11.2 Å². The number of primary amides is 1. The molecule has 0 aliphatic heterocycles. The molecule has 2 rings (SSSR count). The normalized spacial score (nSPS) is 9.88. The van der Waals surface area contributed by atoms with Gasteiger partial charge in [-0.05, 0) is 12.1 Å². The van der Waals surface area contributed by atoms with Gasteiger partial charge in [0.05, 0.1) is 6.20 Å². The molecule has 0 saturated heterocycles. The maximum Gasteiger partial charge on any atom is 0.255 e. The monoisotopic (exact) mass is 227 g/mol. The highest BCUT2D eigenvalue weighted by molar-refractivity contribution is 5.76. The second-order valence-electron chi connectivity index (χ2n) is 3.41. The Hall–Kier alpha value is -2.36. The fraction of sp³-hybridized carbons (Fsp3) is 0.0769. The van der Waals surface area contributed by atoms with E-state index in [-0.39, 0.29) is 6.61 Å². The van der Waals surface area contributed by atoms with Gasteiger partial charge < -0.3 is 10.5 Å². The summed E-state index contributed by atoms with van der Waals surface area (Å²) in [5.41, 5.74) is 6.69. The van der Waals surface area contributed by atoms with Crippen LogP contribution in [0.4, 0.5) is 0 Å². The molecule has 0 atom stereocenters. The lowest BCUT2D eigenvalue weighted by Gasteiger charge is -2.09. The number of carbonyl (C=O) groups excluding carboxylic acids is 1. The third-order valence-corrected chi connectivity index (χ3v) is 2.16. The first-order valence-corrected chi connectivity index (χ1v) is 5.10. The van der Waals surface area contributed by atoms with Gasteiger partial charge in [-0.3, -0.25) is 9.78 Å². The number of amides is 1. The lowest BCUT2D eigenvalue weighted by Crippen LogP contribution is -2.20. The van der Waals surface area contributed by atoms with Gasteiger partial charge in [-0.1, -0.05) is 24.3 Å². The number of rotatable bonds is 4. The minimum absolute atomic E-state index is 0.142. The fourth-order valence-corrected chi connectivity index (χ4v) is 1.44. The highest BCUT2D eigenvalue weighted by atomic mass is 16.5. The molecule has 4 nitrogen and oxygen atoms in total. The van der Waals surface area contributed by atoms with Crippen LogP contribution < -0.4 is 10.5 Å². The first kappa shape index (κ1) is 11.1. The quantitative estimate of drug-likeness (QED) is 0.858. The number of nitrogens with zero attached hydrogens (tertiary/aromatic N) is 1. The number of carbonyl (C=O) groups is 1. The van der Waals surface area contributed by atoms with Crippen molar-refractivity contribution in [3.63, 3.8) is 0 Å². The van der Waals surface area contributed by atoms with Crippen LogP contribution in [-0.4, -0.2) is 17.5 Å². The molecule has 1 aromatic carbocycles. The van der Waals surface area contributed by atoms with Crippen LogP contribution in [-0.2, 0) is 4.79 Å². The van der Waals surface area contributed by atoms with E-state index in [0.717, 1.165) is 11.1 Å². The summed E-state index contributed by atoms with van der Waals surface area (Å²) >= 11 is 0. The van der Waals surface area contributed by atoms with E-state index in [4.69, 9.17) is 10.5 Å². The number of hydrogen-bond donors (Lipinski definition) is 1. The van der Waals surface area contributed by atoms with Gasteiger partial charge in [0.15, 0.2) is 6.61 Å². The molecular formula is C13H11N2O2. The van der Waals surface area contributed by atoms with Crippen molar-refractivity contribution in [2.45, 2.75) is 0 Å². The Balaban J connectivity index is 2.31. The molecule has 0 spiro atoms. The summed E-state index contributed by atoms with van der Waals surface area (Å²) < 4.78 is 5.33. The van der Waals surface area contributed by atoms with Crippen LogP contribution in [0.15, 0.2) is 42.6 Å². The van der Waals surface area contributed by atoms with Gasteiger partial charge in [0, 0.05) is 17.3 Å². The molecule has 0 saturated carbocycles. The summed E-state index contributed by atoms with van der Waals surface area (Å²) in [6.07, 6.45) is 4.52. The number of ether oxygens (including phenoxy) is 1. The summed E-state index contributed by atoms with van der Waals surface area (Å²) in [4.78, 5) is 14.6. The molecule has 0 bridgehead atoms. The molecule has 85 valence electrons. The van der Waals surface area contributed by atoms with Gasteiger partial charge in [0.1, 0.15) is 5.75 Å². The summed E-state index contributed by atoms with van der Waals surface area (Å²) in [5, 5.41) is 0. The first-order chi connectivity index (χ1) is 8.27. The Morgan fingerprint density at radius 3 is 2.82 bits per heavy atom. The zero-order chi connectivity index (χ0) is 12.1. The Bertz CT molecular complexity index is 512. The van der Waals surface area contributed by atoms with Crippen molar-refractivity contribution in [2.24, 2.45) is 5.73 Å². The molecule has 1 heterocycles. The Morgan fingerprint density at radius 1 is 1.29 bits per heavy atom. The Labute approximate surface area is 99.1 Å². The standard InChI is InChI=1S/C13H11N2O2/c14-13(16)9-17-12-6-2-1-5-11(12)10-4-3-7-15-8-10/h1-7H,9H2,(H2,14,16). The molecule has 1 radical (unpaired) electrons. The molecule has 0 fully saturated rings. The van der Waals surface area contributed by atoms with Gasteiger partial charge in [-0.15, -0.1) is 0 Å². The van der Waals surface area contributed by atoms with E-state index < -0.39 is 5.91 Å². The van der Waals surface area contributed by atoms with Crippen LogP contribution in [0.3, 0.4) is 0 Å². The number of nitrogens with two attached hydrogens (primary N) is 1. The average molecular weight is 227 g/mol. The van der Waals surface area contributed by atoms with Crippen molar-refractivity contribution < 1.29 is 9.53 Å². The smallest absolute Gasteiger partial charge is 0.255 e. The lowest BCUT2D eigenvalue weighted by atomic mass is 10.1. The second kappa shape index (κ2) is 5.12. The topological polar surface area (TPSA) is 65.2 Å². The molecule has 2 N–H and O–H groups in total. The molecule has 0 aliphatic rings. The second-order valence-corrected chi connectivity index (χ2v) is 3.41. The fourth-order valence-electron chi connectivity index (χ4n) is 1.44. The molecule has 0 unspecified atom stereocenters. The van der Waals surface area contributed by atoms with Crippen LogP contribution in [0.2, 0.25) is 0 Å². The van der Waals surface area contributed by atoms with Gasteiger partial charge in [-0.25, -0.2) is 0 Å². The molecule has 1 aromatic heterocycles. The molecule has 1 amide bonds. The summed E-state index contributed by atoms with van der Waals surface area (Å²) in [5.74, 6) is 0.0884. The Morgan fingerprint density at radius 2 is 2.12 bits per heavy atom. The largest absolute Gasteiger partial charge is 0.483 e. The third-order valence-electron chi connectivity index (χ3n) is 2.16. The zero-order valence-electron chi connectivity index (χ0n) is 9.09. The summed E-state index contributed by atoms with van der Waals surface area (Å²) in [6.45, 7) is -0.142. The maximum atomic E-state index is 10.7. The van der Waals surface area contributed by atoms with Crippen molar-refractivity contribution in [3.8, 4) is 16.9 Å². The van der Waals surface area contributed by atoms with Gasteiger partial charge >= 0.3 is 0 Å². The number of pyridine rings is 1. The SMILES string of the molecule is NC(=O)COc1ccccc1-c1[c]nccc1. The highest BCUT2D eigenvalue weighted by Crippen LogP contribution is 2.28. The van der Waals surface area contributed by atoms with Gasteiger partial charge in [-0.2, -0.15) is 0 Å². The van der Waals surface area contributed by atoms with E-state index in [9.17, 15) is 4.79 Å². The maximum absolute atomic E-state index is 10.7. The number of para-hydroxylation sites is 1.